The third-order valence-corrected chi connectivity index (χ3v) is 7.44. The molecular formula is C18H17Cl2N5S. The van der Waals surface area contributed by atoms with Crippen molar-refractivity contribution in [2.75, 3.05) is 24.5 Å². The highest BCUT2D eigenvalue weighted by molar-refractivity contribution is 7.99. The summed E-state index contributed by atoms with van der Waals surface area (Å²) in [5, 5.41) is 1.10. The summed E-state index contributed by atoms with van der Waals surface area (Å²) in [5.74, 6) is 3.09. The first-order valence-corrected chi connectivity index (χ1v) is 10.1. The molecule has 1 aromatic carbocycles. The Morgan fingerprint density at radius 1 is 1.15 bits per heavy atom. The lowest BCUT2D eigenvalue weighted by molar-refractivity contribution is 0.636. The maximum absolute atomic E-state index is 6.33. The number of rotatable bonds is 4. The molecule has 8 heteroatoms. The number of aromatic nitrogens is 3. The van der Waals surface area contributed by atoms with Gasteiger partial charge in [0, 0.05) is 36.6 Å². The van der Waals surface area contributed by atoms with Crippen LogP contribution in [0.4, 0.5) is 5.95 Å². The number of halogens is 2. The molecule has 5 nitrogen and oxygen atoms in total. The molecule has 0 radical (unpaired) electrons. The highest BCUT2D eigenvalue weighted by Gasteiger charge is 2.55. The van der Waals surface area contributed by atoms with Gasteiger partial charge in [0.1, 0.15) is 0 Å². The summed E-state index contributed by atoms with van der Waals surface area (Å²) in [6.45, 7) is 2.85. The minimum atomic E-state index is 0.548. The fraction of sp³-hybridized carbons (Fsp3) is 0.333. The molecule has 3 atom stereocenters. The normalized spacial score (nSPS) is 24.3. The van der Waals surface area contributed by atoms with Crippen molar-refractivity contribution in [3.05, 3.63) is 46.8 Å². The zero-order valence-electron chi connectivity index (χ0n) is 13.8. The number of nitrogens with two attached hydrogens (primary N) is 1. The Labute approximate surface area is 165 Å². The van der Waals surface area contributed by atoms with Crippen molar-refractivity contribution in [3.8, 4) is 0 Å². The molecule has 134 valence electrons. The topological polar surface area (TPSA) is 59.5 Å². The number of hydrogen-bond donors (Lipinski definition) is 1. The zero-order valence-corrected chi connectivity index (χ0v) is 16.2. The van der Waals surface area contributed by atoms with Gasteiger partial charge in [-0.05, 0) is 36.4 Å². The van der Waals surface area contributed by atoms with Crippen molar-refractivity contribution >= 4 is 46.6 Å². The van der Waals surface area contributed by atoms with E-state index >= 15 is 0 Å². The second-order valence-electron chi connectivity index (χ2n) is 6.83. The highest BCUT2D eigenvalue weighted by Crippen LogP contribution is 2.51. The smallest absolute Gasteiger partial charge is 0.211 e. The average molecular weight is 406 g/mol. The molecule has 1 aliphatic heterocycles. The van der Waals surface area contributed by atoms with Crippen LogP contribution in [0.1, 0.15) is 0 Å². The first-order chi connectivity index (χ1) is 12.7. The summed E-state index contributed by atoms with van der Waals surface area (Å²) >= 11 is 14.0. The Kier molecular flexibility index (Phi) is 4.05. The molecule has 3 aromatic rings. The zero-order chi connectivity index (χ0) is 17.8. The third-order valence-electron chi connectivity index (χ3n) is 5.44. The number of imidazole rings is 1. The van der Waals surface area contributed by atoms with Crippen molar-refractivity contribution in [1.29, 1.82) is 0 Å². The minimum absolute atomic E-state index is 0.548. The molecule has 26 heavy (non-hydrogen) atoms. The van der Waals surface area contributed by atoms with Crippen LogP contribution in [0.5, 0.6) is 0 Å². The predicted octanol–water partition coefficient (Wildman–Crippen LogP) is 3.83. The first-order valence-electron chi connectivity index (χ1n) is 8.56. The van der Waals surface area contributed by atoms with Crippen LogP contribution >= 0.6 is 35.0 Å². The summed E-state index contributed by atoms with van der Waals surface area (Å²) in [7, 11) is 0. The summed E-state index contributed by atoms with van der Waals surface area (Å²) in [6, 6.07) is 5.63. The maximum atomic E-state index is 6.33. The third kappa shape index (κ3) is 2.59. The molecule has 2 unspecified atom stereocenters. The summed E-state index contributed by atoms with van der Waals surface area (Å²) in [6.07, 6.45) is 5.65. The first kappa shape index (κ1) is 16.7. The maximum Gasteiger partial charge on any atom is 0.211 e. The highest BCUT2D eigenvalue weighted by atomic mass is 35.5. The van der Waals surface area contributed by atoms with E-state index in [2.05, 4.69) is 14.3 Å². The molecular weight excluding hydrogens is 389 g/mol. The van der Waals surface area contributed by atoms with E-state index in [0.29, 0.717) is 16.0 Å². The Morgan fingerprint density at radius 2 is 1.96 bits per heavy atom. The van der Waals surface area contributed by atoms with Crippen molar-refractivity contribution in [2.45, 2.75) is 9.79 Å². The fourth-order valence-corrected chi connectivity index (χ4v) is 5.44. The van der Waals surface area contributed by atoms with Crippen LogP contribution in [0, 0.1) is 17.8 Å². The van der Waals surface area contributed by atoms with Crippen LogP contribution in [-0.2, 0) is 0 Å². The lowest BCUT2D eigenvalue weighted by Crippen LogP contribution is -2.28. The SMILES string of the molecule is NCC1C2CN(c3ncc(Sc4cccc(Cl)c4Cl)c4nccn34)C[C@@H]12. The summed E-state index contributed by atoms with van der Waals surface area (Å²) in [5.41, 5.74) is 6.71. The largest absolute Gasteiger partial charge is 0.341 e. The van der Waals surface area contributed by atoms with E-state index in [1.165, 1.54) is 11.8 Å². The van der Waals surface area contributed by atoms with Gasteiger partial charge in [-0.15, -0.1) is 0 Å². The molecule has 1 saturated carbocycles. The van der Waals surface area contributed by atoms with E-state index in [-0.39, 0.29) is 0 Å². The Balaban J connectivity index is 1.47. The molecule has 0 spiro atoms. The second-order valence-corrected chi connectivity index (χ2v) is 8.70. The van der Waals surface area contributed by atoms with Crippen LogP contribution in [0.2, 0.25) is 10.0 Å². The van der Waals surface area contributed by atoms with Crippen molar-refractivity contribution in [2.24, 2.45) is 23.5 Å². The van der Waals surface area contributed by atoms with E-state index < -0.39 is 0 Å². The van der Waals surface area contributed by atoms with E-state index in [0.717, 1.165) is 52.9 Å². The Morgan fingerprint density at radius 3 is 2.73 bits per heavy atom. The van der Waals surface area contributed by atoms with Gasteiger partial charge in [0.05, 0.1) is 14.9 Å². The van der Waals surface area contributed by atoms with Gasteiger partial charge in [-0.2, -0.15) is 0 Å². The minimum Gasteiger partial charge on any atom is -0.341 e. The van der Waals surface area contributed by atoms with E-state index in [1.54, 1.807) is 6.07 Å². The van der Waals surface area contributed by atoms with Crippen LogP contribution in [0.25, 0.3) is 5.65 Å². The van der Waals surface area contributed by atoms with Gasteiger partial charge in [0.15, 0.2) is 5.65 Å². The molecule has 1 aliphatic carbocycles. The molecule has 0 amide bonds. The molecule has 2 N–H and O–H groups in total. The van der Waals surface area contributed by atoms with E-state index in [9.17, 15) is 0 Å². The van der Waals surface area contributed by atoms with Gasteiger partial charge >= 0.3 is 0 Å². The second kappa shape index (κ2) is 6.30. The van der Waals surface area contributed by atoms with Gasteiger partial charge in [0.25, 0.3) is 0 Å². The van der Waals surface area contributed by atoms with Crippen molar-refractivity contribution in [1.82, 2.24) is 14.4 Å². The van der Waals surface area contributed by atoms with Gasteiger partial charge in [-0.25, -0.2) is 9.97 Å². The van der Waals surface area contributed by atoms with Crippen LogP contribution in [-0.4, -0.2) is 34.0 Å². The number of hydrogen-bond acceptors (Lipinski definition) is 5. The quantitative estimate of drug-likeness (QED) is 0.714. The lowest BCUT2D eigenvalue weighted by Gasteiger charge is -2.22. The van der Waals surface area contributed by atoms with Crippen LogP contribution < -0.4 is 10.6 Å². The molecule has 5 rings (SSSR count). The number of fused-ring (bicyclic) bond motifs is 2. The molecule has 1 saturated heterocycles. The number of benzene rings is 1. The molecule has 2 aromatic heterocycles. The van der Waals surface area contributed by atoms with Gasteiger partial charge in [-0.3, -0.25) is 4.40 Å². The van der Waals surface area contributed by atoms with Crippen molar-refractivity contribution in [3.63, 3.8) is 0 Å². The lowest BCUT2D eigenvalue weighted by atomic mass is 10.3. The predicted molar refractivity (Wildman–Crippen MR) is 105 cm³/mol. The van der Waals surface area contributed by atoms with Crippen molar-refractivity contribution < 1.29 is 0 Å². The van der Waals surface area contributed by atoms with Crippen LogP contribution in [0.15, 0.2) is 46.6 Å². The average Bonchev–Trinajstić information content (AvgIpc) is 3.02. The molecule has 0 bridgehead atoms. The molecule has 2 aliphatic rings. The monoisotopic (exact) mass is 405 g/mol. The summed E-state index contributed by atoms with van der Waals surface area (Å²) < 4.78 is 2.06. The Hall–Kier alpha value is -1.47. The van der Waals surface area contributed by atoms with Gasteiger partial charge in [0.2, 0.25) is 5.95 Å². The Bertz CT molecular complexity index is 979. The van der Waals surface area contributed by atoms with E-state index in [4.69, 9.17) is 33.9 Å². The summed E-state index contributed by atoms with van der Waals surface area (Å²) in [4.78, 5) is 13.5. The van der Waals surface area contributed by atoms with Gasteiger partial charge < -0.3 is 10.6 Å². The standard InChI is InChI=1S/C18H17Cl2N5S/c19-13-2-1-3-14(16(13)20)26-15-7-23-18(25-5-4-22-17(15)25)24-8-11-10(6-21)12(11)9-24/h1-5,7,10-12H,6,8-9,21H2/t10?,11-,12?/m0/s1. The number of nitrogens with zero attached hydrogens (tertiary/aromatic N) is 4. The molecule has 3 heterocycles. The van der Waals surface area contributed by atoms with Gasteiger partial charge in [-0.1, -0.05) is 41.0 Å². The fourth-order valence-electron chi connectivity index (χ4n) is 4.03. The van der Waals surface area contributed by atoms with E-state index in [1.807, 2.05) is 30.7 Å². The number of piperidine rings is 1. The van der Waals surface area contributed by atoms with Crippen LogP contribution in [0.3, 0.4) is 0 Å². The molecule has 2 fully saturated rings. The number of anilines is 1.